The van der Waals surface area contributed by atoms with E-state index in [2.05, 4.69) is 5.32 Å². The summed E-state index contributed by atoms with van der Waals surface area (Å²) in [5.41, 5.74) is 7.97. The summed E-state index contributed by atoms with van der Waals surface area (Å²) in [7, 11) is 2.90. The first-order valence-electron chi connectivity index (χ1n) is 9.68. The fraction of sp³-hybridized carbons (Fsp3) is 0.167. The molecule has 0 aliphatic rings. The van der Waals surface area contributed by atoms with Gasteiger partial charge in [-0.1, -0.05) is 48.0 Å². The molecule has 3 aromatic carbocycles. The number of halogens is 1. The molecule has 0 radical (unpaired) electrons. The molecule has 1 atom stereocenters. The number of nitrogen functional groups attached to an aromatic ring is 1. The van der Waals surface area contributed by atoms with Crippen molar-refractivity contribution in [2.45, 2.75) is 13.0 Å². The van der Waals surface area contributed by atoms with E-state index in [0.29, 0.717) is 17.0 Å². The highest BCUT2D eigenvalue weighted by Crippen LogP contribution is 2.32. The topological polar surface area (TPSA) is 99.9 Å². The Kier molecular flexibility index (Phi) is 7.22. The standard InChI is InChI=1S/C24H23ClN2O5/c1-14-9-10-20(30-2)19(11-14)27-23(28)22(15-7-5-4-6-8-15)32-24(29)16-12-17(25)18(26)13-21(16)31-3/h4-13,22H,26H2,1-3H3,(H,27,28). The zero-order valence-corrected chi connectivity index (χ0v) is 18.6. The normalized spacial score (nSPS) is 11.4. The molecule has 0 aromatic heterocycles. The summed E-state index contributed by atoms with van der Waals surface area (Å²) in [5.74, 6) is -0.670. The van der Waals surface area contributed by atoms with E-state index < -0.39 is 18.0 Å². The molecule has 1 amide bonds. The zero-order chi connectivity index (χ0) is 23.3. The zero-order valence-electron chi connectivity index (χ0n) is 17.8. The van der Waals surface area contributed by atoms with Crippen LogP contribution >= 0.6 is 11.6 Å². The summed E-state index contributed by atoms with van der Waals surface area (Å²) in [6, 6.07) is 16.8. The molecule has 32 heavy (non-hydrogen) atoms. The number of carbonyl (C=O) groups excluding carboxylic acids is 2. The Hall–Kier alpha value is -3.71. The number of ether oxygens (including phenoxy) is 3. The Morgan fingerprint density at radius 2 is 1.66 bits per heavy atom. The summed E-state index contributed by atoms with van der Waals surface area (Å²) in [5, 5.41) is 2.96. The van der Waals surface area contributed by atoms with E-state index in [1.165, 1.54) is 26.4 Å². The highest BCUT2D eigenvalue weighted by Gasteiger charge is 2.28. The summed E-state index contributed by atoms with van der Waals surface area (Å²) in [6.07, 6.45) is -1.24. The minimum Gasteiger partial charge on any atom is -0.496 e. The van der Waals surface area contributed by atoms with Gasteiger partial charge in [-0.2, -0.15) is 0 Å². The second kappa shape index (κ2) is 10.1. The highest BCUT2D eigenvalue weighted by atomic mass is 35.5. The third-order valence-corrected chi connectivity index (χ3v) is 5.04. The molecule has 0 saturated heterocycles. The van der Waals surface area contributed by atoms with Crippen LogP contribution in [0.5, 0.6) is 11.5 Å². The van der Waals surface area contributed by atoms with Crippen molar-refractivity contribution >= 4 is 34.9 Å². The van der Waals surface area contributed by atoms with E-state index in [0.717, 1.165) is 5.56 Å². The first-order valence-corrected chi connectivity index (χ1v) is 10.1. The van der Waals surface area contributed by atoms with Gasteiger partial charge in [0.15, 0.2) is 0 Å². The number of benzene rings is 3. The van der Waals surface area contributed by atoms with Gasteiger partial charge >= 0.3 is 5.97 Å². The number of anilines is 2. The van der Waals surface area contributed by atoms with Crippen LogP contribution in [0.1, 0.15) is 27.6 Å². The lowest BCUT2D eigenvalue weighted by Gasteiger charge is -2.20. The highest BCUT2D eigenvalue weighted by molar-refractivity contribution is 6.33. The molecule has 0 aliphatic carbocycles. The molecular weight excluding hydrogens is 432 g/mol. The maximum absolute atomic E-state index is 13.2. The predicted molar refractivity (Wildman–Crippen MR) is 123 cm³/mol. The minimum absolute atomic E-state index is 0.0496. The lowest BCUT2D eigenvalue weighted by Crippen LogP contribution is -2.26. The lowest BCUT2D eigenvalue weighted by molar-refractivity contribution is -0.125. The van der Waals surface area contributed by atoms with Crippen LogP contribution in [0, 0.1) is 6.92 Å². The molecule has 3 rings (SSSR count). The van der Waals surface area contributed by atoms with Gasteiger partial charge in [-0.25, -0.2) is 4.79 Å². The summed E-state index contributed by atoms with van der Waals surface area (Å²) < 4.78 is 16.2. The number of methoxy groups -OCH3 is 2. The van der Waals surface area contributed by atoms with Crippen molar-refractivity contribution in [1.82, 2.24) is 0 Å². The van der Waals surface area contributed by atoms with Gasteiger partial charge < -0.3 is 25.3 Å². The third-order valence-electron chi connectivity index (χ3n) is 4.72. The Balaban J connectivity index is 1.94. The van der Waals surface area contributed by atoms with E-state index in [1.54, 1.807) is 42.5 Å². The third kappa shape index (κ3) is 5.12. The van der Waals surface area contributed by atoms with Gasteiger partial charge in [0, 0.05) is 11.6 Å². The van der Waals surface area contributed by atoms with Crippen LogP contribution in [0.25, 0.3) is 0 Å². The summed E-state index contributed by atoms with van der Waals surface area (Å²) in [6.45, 7) is 1.89. The molecule has 0 heterocycles. The molecule has 0 aliphatic heterocycles. The number of rotatable bonds is 7. The van der Waals surface area contributed by atoms with E-state index in [4.69, 9.17) is 31.5 Å². The number of amides is 1. The molecule has 8 heteroatoms. The average molecular weight is 455 g/mol. The fourth-order valence-corrected chi connectivity index (χ4v) is 3.25. The molecule has 3 aromatic rings. The summed E-state index contributed by atoms with van der Waals surface area (Å²) in [4.78, 5) is 26.2. The maximum Gasteiger partial charge on any atom is 0.343 e. The van der Waals surface area contributed by atoms with Gasteiger partial charge in [0.1, 0.15) is 17.1 Å². The monoisotopic (exact) mass is 454 g/mol. The Morgan fingerprint density at radius 3 is 2.31 bits per heavy atom. The quantitative estimate of drug-likeness (QED) is 0.393. The number of esters is 1. The van der Waals surface area contributed by atoms with Crippen molar-refractivity contribution in [1.29, 1.82) is 0 Å². The number of aryl methyl sites for hydroxylation is 1. The van der Waals surface area contributed by atoms with Crippen molar-refractivity contribution in [3.63, 3.8) is 0 Å². The fourth-order valence-electron chi connectivity index (χ4n) is 3.09. The van der Waals surface area contributed by atoms with Crippen LogP contribution in [0.3, 0.4) is 0 Å². The lowest BCUT2D eigenvalue weighted by atomic mass is 10.1. The van der Waals surface area contributed by atoms with Gasteiger partial charge in [-0.3, -0.25) is 4.79 Å². The average Bonchev–Trinajstić information content (AvgIpc) is 2.79. The first kappa shape index (κ1) is 23.0. The molecule has 0 bridgehead atoms. The number of nitrogens with one attached hydrogen (secondary N) is 1. The van der Waals surface area contributed by atoms with Gasteiger partial charge in [0.25, 0.3) is 5.91 Å². The van der Waals surface area contributed by atoms with Gasteiger partial charge in [0.2, 0.25) is 6.10 Å². The second-order valence-electron chi connectivity index (χ2n) is 6.96. The molecule has 166 valence electrons. The number of nitrogens with two attached hydrogens (primary N) is 1. The molecule has 0 fully saturated rings. The van der Waals surface area contributed by atoms with Crippen LogP contribution < -0.4 is 20.5 Å². The number of hydrogen-bond acceptors (Lipinski definition) is 6. The SMILES string of the molecule is COc1ccc(C)cc1NC(=O)C(OC(=O)c1cc(Cl)c(N)cc1OC)c1ccccc1. The van der Waals surface area contributed by atoms with Crippen LogP contribution in [0.15, 0.2) is 60.7 Å². The molecule has 0 saturated carbocycles. The van der Waals surface area contributed by atoms with E-state index >= 15 is 0 Å². The number of carbonyl (C=O) groups is 2. The van der Waals surface area contributed by atoms with Gasteiger partial charge in [0.05, 0.1) is 30.6 Å². The second-order valence-corrected chi connectivity index (χ2v) is 7.37. The van der Waals surface area contributed by atoms with Gasteiger partial charge in [-0.05, 0) is 30.7 Å². The Bertz CT molecular complexity index is 1130. The van der Waals surface area contributed by atoms with Crippen LogP contribution in [-0.4, -0.2) is 26.1 Å². The Labute approximate surface area is 191 Å². The van der Waals surface area contributed by atoms with Crippen LogP contribution in [-0.2, 0) is 9.53 Å². The van der Waals surface area contributed by atoms with Crippen molar-refractivity contribution in [3.8, 4) is 11.5 Å². The number of hydrogen-bond donors (Lipinski definition) is 2. The van der Waals surface area contributed by atoms with E-state index in [1.807, 2.05) is 13.0 Å². The van der Waals surface area contributed by atoms with Crippen molar-refractivity contribution in [2.75, 3.05) is 25.3 Å². The predicted octanol–water partition coefficient (Wildman–Crippen LogP) is 4.78. The minimum atomic E-state index is -1.24. The molecule has 7 nitrogen and oxygen atoms in total. The van der Waals surface area contributed by atoms with Gasteiger partial charge in [-0.15, -0.1) is 0 Å². The summed E-state index contributed by atoms with van der Waals surface area (Å²) >= 11 is 6.08. The first-order chi connectivity index (χ1) is 15.3. The molecule has 3 N–H and O–H groups in total. The van der Waals surface area contributed by atoms with Crippen LogP contribution in [0.4, 0.5) is 11.4 Å². The van der Waals surface area contributed by atoms with E-state index in [-0.39, 0.29) is 22.0 Å². The van der Waals surface area contributed by atoms with E-state index in [9.17, 15) is 9.59 Å². The largest absolute Gasteiger partial charge is 0.496 e. The molecule has 0 spiro atoms. The van der Waals surface area contributed by atoms with Crippen molar-refractivity contribution < 1.29 is 23.8 Å². The Morgan fingerprint density at radius 1 is 0.969 bits per heavy atom. The maximum atomic E-state index is 13.2. The van der Waals surface area contributed by atoms with Crippen LogP contribution in [0.2, 0.25) is 5.02 Å². The molecule has 1 unspecified atom stereocenters. The van der Waals surface area contributed by atoms with Crippen molar-refractivity contribution in [2.24, 2.45) is 0 Å². The molecular formula is C24H23ClN2O5. The smallest absolute Gasteiger partial charge is 0.343 e. The van der Waals surface area contributed by atoms with Crippen molar-refractivity contribution in [3.05, 3.63) is 82.4 Å².